The number of aliphatic hydroxyl groups is 1. The van der Waals surface area contributed by atoms with Crippen LogP contribution in [0, 0.1) is 6.92 Å². The van der Waals surface area contributed by atoms with Crippen molar-refractivity contribution >= 4 is 5.91 Å². The number of carbonyl (C=O) groups is 1. The SMILES string of the molecule is Cc1ccc(-c2cccc(OCC(O)CNCCOc3ccc(O)c(C(N)=O)c3)c2)n1C. The zero-order valence-corrected chi connectivity index (χ0v) is 18.2. The van der Waals surface area contributed by atoms with E-state index in [0.29, 0.717) is 31.2 Å². The largest absolute Gasteiger partial charge is 0.507 e. The van der Waals surface area contributed by atoms with Gasteiger partial charge in [0.25, 0.3) is 5.91 Å². The van der Waals surface area contributed by atoms with Gasteiger partial charge < -0.3 is 35.3 Å². The number of primary amides is 1. The van der Waals surface area contributed by atoms with Crippen LogP contribution in [0.2, 0.25) is 0 Å². The number of nitrogens with one attached hydrogen (secondary N) is 1. The van der Waals surface area contributed by atoms with Crippen molar-refractivity contribution in [3.63, 3.8) is 0 Å². The van der Waals surface area contributed by atoms with Crippen molar-refractivity contribution in [1.82, 2.24) is 9.88 Å². The predicted octanol–water partition coefficient (Wildman–Crippen LogP) is 2.21. The van der Waals surface area contributed by atoms with Crippen LogP contribution < -0.4 is 20.5 Å². The number of carbonyl (C=O) groups excluding carboxylic acids is 1. The van der Waals surface area contributed by atoms with E-state index in [1.807, 2.05) is 31.3 Å². The van der Waals surface area contributed by atoms with E-state index in [1.165, 1.54) is 17.8 Å². The van der Waals surface area contributed by atoms with Gasteiger partial charge in [0.05, 0.1) is 5.56 Å². The summed E-state index contributed by atoms with van der Waals surface area (Å²) < 4.78 is 13.4. The fourth-order valence-corrected chi connectivity index (χ4v) is 3.21. The summed E-state index contributed by atoms with van der Waals surface area (Å²) in [5.41, 5.74) is 8.54. The Morgan fingerprint density at radius 2 is 1.91 bits per heavy atom. The number of ether oxygens (including phenoxy) is 2. The fourth-order valence-electron chi connectivity index (χ4n) is 3.21. The van der Waals surface area contributed by atoms with Crippen molar-refractivity contribution in [1.29, 1.82) is 0 Å². The Morgan fingerprint density at radius 3 is 2.62 bits per heavy atom. The number of nitrogens with zero attached hydrogens (tertiary/aromatic N) is 1. The van der Waals surface area contributed by atoms with Gasteiger partial charge in [0.2, 0.25) is 0 Å². The summed E-state index contributed by atoms with van der Waals surface area (Å²) in [7, 11) is 2.02. The quantitative estimate of drug-likeness (QED) is 0.340. The van der Waals surface area contributed by atoms with Crippen molar-refractivity contribution in [3.05, 3.63) is 65.9 Å². The van der Waals surface area contributed by atoms with Gasteiger partial charge in [-0.2, -0.15) is 0 Å². The number of nitrogens with two attached hydrogens (primary N) is 1. The van der Waals surface area contributed by atoms with Gasteiger partial charge >= 0.3 is 0 Å². The molecule has 0 spiro atoms. The van der Waals surface area contributed by atoms with E-state index >= 15 is 0 Å². The molecule has 2 aromatic carbocycles. The third-order valence-corrected chi connectivity index (χ3v) is 5.11. The molecule has 1 amide bonds. The summed E-state index contributed by atoms with van der Waals surface area (Å²) in [6, 6.07) is 16.2. The molecule has 0 radical (unpaired) electrons. The second kappa shape index (κ2) is 10.7. The van der Waals surface area contributed by atoms with E-state index in [-0.39, 0.29) is 17.9 Å². The number of hydrogen-bond acceptors (Lipinski definition) is 6. The maximum Gasteiger partial charge on any atom is 0.252 e. The Hall–Kier alpha value is -3.49. The van der Waals surface area contributed by atoms with Gasteiger partial charge in [0, 0.05) is 37.1 Å². The minimum Gasteiger partial charge on any atom is -0.507 e. The molecule has 3 rings (SSSR count). The van der Waals surface area contributed by atoms with Crippen molar-refractivity contribution < 1.29 is 24.5 Å². The molecular weight excluding hydrogens is 410 g/mol. The molecule has 1 aromatic heterocycles. The number of aromatic hydroxyl groups is 1. The van der Waals surface area contributed by atoms with Gasteiger partial charge in [-0.1, -0.05) is 12.1 Å². The Kier molecular flexibility index (Phi) is 7.75. The molecule has 1 unspecified atom stereocenters. The Morgan fingerprint density at radius 1 is 1.12 bits per heavy atom. The maximum absolute atomic E-state index is 11.2. The highest BCUT2D eigenvalue weighted by molar-refractivity contribution is 5.95. The molecule has 0 aliphatic carbocycles. The highest BCUT2D eigenvalue weighted by Gasteiger charge is 2.10. The normalized spacial score (nSPS) is 11.8. The molecule has 1 atom stereocenters. The average molecular weight is 440 g/mol. The summed E-state index contributed by atoms with van der Waals surface area (Å²) in [6.07, 6.45) is -0.689. The lowest BCUT2D eigenvalue weighted by molar-refractivity contribution is 0.0996. The lowest BCUT2D eigenvalue weighted by atomic mass is 10.1. The second-order valence-corrected chi connectivity index (χ2v) is 7.51. The van der Waals surface area contributed by atoms with E-state index < -0.39 is 12.0 Å². The van der Waals surface area contributed by atoms with Crippen molar-refractivity contribution in [2.45, 2.75) is 13.0 Å². The van der Waals surface area contributed by atoms with E-state index in [0.717, 1.165) is 11.3 Å². The van der Waals surface area contributed by atoms with Crippen LogP contribution in [0.4, 0.5) is 0 Å². The van der Waals surface area contributed by atoms with Crippen LogP contribution in [0.5, 0.6) is 17.2 Å². The summed E-state index contributed by atoms with van der Waals surface area (Å²) in [4.78, 5) is 11.2. The van der Waals surface area contributed by atoms with Crippen LogP contribution in [0.1, 0.15) is 16.1 Å². The van der Waals surface area contributed by atoms with Crippen LogP contribution in [0.25, 0.3) is 11.3 Å². The summed E-state index contributed by atoms with van der Waals surface area (Å²) in [5.74, 6) is 0.214. The van der Waals surface area contributed by atoms with Gasteiger partial charge in [-0.25, -0.2) is 0 Å². The van der Waals surface area contributed by atoms with E-state index in [9.17, 15) is 15.0 Å². The van der Waals surface area contributed by atoms with Gasteiger partial charge in [-0.05, 0) is 49.4 Å². The van der Waals surface area contributed by atoms with Crippen LogP contribution >= 0.6 is 0 Å². The maximum atomic E-state index is 11.2. The molecule has 0 saturated carbocycles. The summed E-state index contributed by atoms with van der Waals surface area (Å²) >= 11 is 0. The van der Waals surface area contributed by atoms with Gasteiger partial charge in [0.15, 0.2) is 0 Å². The molecule has 8 nitrogen and oxygen atoms in total. The zero-order valence-electron chi connectivity index (χ0n) is 18.2. The van der Waals surface area contributed by atoms with Crippen LogP contribution in [0.15, 0.2) is 54.6 Å². The highest BCUT2D eigenvalue weighted by atomic mass is 16.5. The lowest BCUT2D eigenvalue weighted by Crippen LogP contribution is -2.33. The smallest absolute Gasteiger partial charge is 0.252 e. The van der Waals surface area contributed by atoms with Gasteiger partial charge in [0.1, 0.15) is 36.6 Å². The topological polar surface area (TPSA) is 119 Å². The monoisotopic (exact) mass is 439 g/mol. The van der Waals surface area contributed by atoms with E-state index in [4.69, 9.17) is 15.2 Å². The third kappa shape index (κ3) is 6.03. The summed E-state index contributed by atoms with van der Waals surface area (Å²) in [6.45, 7) is 3.34. The first-order chi connectivity index (χ1) is 15.3. The van der Waals surface area contributed by atoms with Crippen molar-refractivity contribution in [2.24, 2.45) is 12.8 Å². The molecule has 0 aliphatic heterocycles. The standard InChI is InChI=1S/C24H29N3O5/c1-16-6-8-22(27(16)2)17-4-3-5-19(12-17)32-15-18(28)14-26-10-11-31-20-7-9-23(29)21(13-20)24(25)30/h3-9,12-13,18,26,28-29H,10-11,14-15H2,1-2H3,(H2,25,30). The van der Waals surface area contributed by atoms with E-state index in [1.54, 1.807) is 6.07 Å². The fraction of sp³-hybridized carbons (Fsp3) is 0.292. The Bertz CT molecular complexity index is 1060. The number of hydrogen-bond donors (Lipinski definition) is 4. The van der Waals surface area contributed by atoms with Crippen LogP contribution in [-0.4, -0.2) is 53.1 Å². The minimum atomic E-state index is -0.724. The molecule has 32 heavy (non-hydrogen) atoms. The second-order valence-electron chi connectivity index (χ2n) is 7.51. The number of aryl methyl sites for hydroxylation is 1. The average Bonchev–Trinajstić information content (AvgIpc) is 3.11. The third-order valence-electron chi connectivity index (χ3n) is 5.11. The van der Waals surface area contributed by atoms with Gasteiger partial charge in [-0.3, -0.25) is 4.79 Å². The number of benzene rings is 2. The first-order valence-electron chi connectivity index (χ1n) is 10.3. The molecule has 8 heteroatoms. The molecule has 0 aliphatic rings. The Balaban J connectivity index is 1.39. The number of phenols is 1. The first kappa shape index (κ1) is 23.2. The lowest BCUT2D eigenvalue weighted by Gasteiger charge is -2.14. The molecule has 5 N–H and O–H groups in total. The van der Waals surface area contributed by atoms with Crippen molar-refractivity contribution in [3.8, 4) is 28.5 Å². The molecule has 0 bridgehead atoms. The predicted molar refractivity (Wildman–Crippen MR) is 122 cm³/mol. The van der Waals surface area contributed by atoms with Crippen LogP contribution in [0.3, 0.4) is 0 Å². The van der Waals surface area contributed by atoms with Crippen LogP contribution in [-0.2, 0) is 7.05 Å². The number of aromatic nitrogens is 1. The Labute approximate surface area is 187 Å². The summed E-state index contributed by atoms with van der Waals surface area (Å²) in [5, 5.41) is 22.9. The van der Waals surface area contributed by atoms with Crippen molar-refractivity contribution in [2.75, 3.05) is 26.3 Å². The highest BCUT2D eigenvalue weighted by Crippen LogP contribution is 2.25. The molecule has 170 valence electrons. The van der Waals surface area contributed by atoms with E-state index in [2.05, 4.69) is 28.9 Å². The van der Waals surface area contributed by atoms with Gasteiger partial charge in [-0.15, -0.1) is 0 Å². The number of rotatable bonds is 11. The molecule has 1 heterocycles. The first-order valence-corrected chi connectivity index (χ1v) is 10.3. The number of amides is 1. The molecule has 3 aromatic rings. The molecule has 0 saturated heterocycles. The minimum absolute atomic E-state index is 0.00867. The zero-order chi connectivity index (χ0) is 23.1. The molecule has 0 fully saturated rings. The molecular formula is C24H29N3O5. The number of aliphatic hydroxyl groups excluding tert-OH is 1.